The van der Waals surface area contributed by atoms with Gasteiger partial charge >= 0.3 is 6.09 Å². The molecule has 1 saturated carbocycles. The van der Waals surface area contributed by atoms with Gasteiger partial charge in [0.25, 0.3) is 0 Å². The summed E-state index contributed by atoms with van der Waals surface area (Å²) in [5.74, 6) is 0.423. The molecule has 0 aliphatic heterocycles. The molecule has 1 aliphatic rings. The Hall–Kier alpha value is -0.850. The maximum absolute atomic E-state index is 11.8. The Morgan fingerprint density at radius 2 is 2.17 bits per heavy atom. The molecule has 1 amide bonds. The van der Waals surface area contributed by atoms with Gasteiger partial charge in [0.15, 0.2) is 0 Å². The van der Waals surface area contributed by atoms with Crippen LogP contribution in [0, 0.1) is 5.92 Å². The minimum atomic E-state index is -0.460. The molecule has 1 aliphatic carbocycles. The third-order valence-electron chi connectivity index (χ3n) is 3.86. The number of alkyl carbamates (subject to hydrolysis) is 1. The van der Waals surface area contributed by atoms with Crippen LogP contribution in [-0.2, 0) is 11.3 Å². The summed E-state index contributed by atoms with van der Waals surface area (Å²) in [5, 5.41) is 7.48. The number of rotatable bonds is 5. The Bertz CT molecular complexity index is 516. The zero-order chi connectivity index (χ0) is 16.9. The number of hydrogen-bond donors (Lipinski definition) is 2. The number of thiazole rings is 1. The van der Waals surface area contributed by atoms with E-state index in [0.717, 1.165) is 24.4 Å². The van der Waals surface area contributed by atoms with E-state index in [1.54, 1.807) is 6.20 Å². The summed E-state index contributed by atoms with van der Waals surface area (Å²) in [6.07, 6.45) is 6.02. The molecular formula is C16H26ClN3O2S. The molecule has 1 heterocycles. The van der Waals surface area contributed by atoms with Gasteiger partial charge in [-0.2, -0.15) is 0 Å². The quantitative estimate of drug-likeness (QED) is 0.834. The molecule has 0 bridgehead atoms. The summed E-state index contributed by atoms with van der Waals surface area (Å²) in [5.41, 5.74) is -0.460. The van der Waals surface area contributed by atoms with Gasteiger partial charge in [0.2, 0.25) is 0 Å². The topological polar surface area (TPSA) is 63.2 Å². The molecule has 130 valence electrons. The Morgan fingerprint density at radius 3 is 2.83 bits per heavy atom. The van der Waals surface area contributed by atoms with Gasteiger partial charge in [0.1, 0.15) is 14.9 Å². The van der Waals surface area contributed by atoms with Gasteiger partial charge in [-0.3, -0.25) is 0 Å². The molecule has 1 aromatic heterocycles. The lowest BCUT2D eigenvalue weighted by molar-refractivity contribution is 0.0510. The smallest absolute Gasteiger partial charge is 0.407 e. The monoisotopic (exact) mass is 359 g/mol. The van der Waals surface area contributed by atoms with Crippen LogP contribution in [0.1, 0.15) is 51.5 Å². The van der Waals surface area contributed by atoms with Crippen molar-refractivity contribution in [3.63, 3.8) is 0 Å². The number of nitrogens with zero attached hydrogens (tertiary/aromatic N) is 1. The Morgan fingerprint density at radius 1 is 1.43 bits per heavy atom. The van der Waals surface area contributed by atoms with Crippen LogP contribution in [-0.4, -0.2) is 29.3 Å². The van der Waals surface area contributed by atoms with Crippen LogP contribution in [0.3, 0.4) is 0 Å². The SMILES string of the molecule is CC(C)(C)OC(=O)NCC1CCCCC1NCc1ncc(Cl)s1. The maximum atomic E-state index is 11.8. The average Bonchev–Trinajstić information content (AvgIpc) is 2.87. The second-order valence-corrected chi connectivity index (χ2v) is 8.72. The number of hydrogen-bond acceptors (Lipinski definition) is 5. The van der Waals surface area contributed by atoms with Crippen molar-refractivity contribution in [2.45, 2.75) is 64.6 Å². The highest BCUT2D eigenvalue weighted by Gasteiger charge is 2.26. The average molecular weight is 360 g/mol. The van der Waals surface area contributed by atoms with Crippen molar-refractivity contribution in [2.75, 3.05) is 6.54 Å². The predicted octanol–water partition coefficient (Wildman–Crippen LogP) is 3.97. The first-order valence-electron chi connectivity index (χ1n) is 8.14. The Balaban J connectivity index is 1.79. The summed E-state index contributed by atoms with van der Waals surface area (Å²) in [7, 11) is 0. The van der Waals surface area contributed by atoms with Gasteiger partial charge in [-0.25, -0.2) is 9.78 Å². The lowest BCUT2D eigenvalue weighted by Crippen LogP contribution is -2.44. The zero-order valence-electron chi connectivity index (χ0n) is 14.0. The fourth-order valence-corrected chi connectivity index (χ4v) is 3.74. The third kappa shape index (κ3) is 6.65. The van der Waals surface area contributed by atoms with E-state index in [0.29, 0.717) is 22.8 Å². The lowest BCUT2D eigenvalue weighted by Gasteiger charge is -2.32. The van der Waals surface area contributed by atoms with Gasteiger partial charge < -0.3 is 15.4 Å². The molecule has 2 N–H and O–H groups in total. The first kappa shape index (κ1) is 18.5. The zero-order valence-corrected chi connectivity index (χ0v) is 15.6. The molecular weight excluding hydrogens is 334 g/mol. The molecule has 2 rings (SSSR count). The van der Waals surface area contributed by atoms with E-state index in [1.807, 2.05) is 20.8 Å². The molecule has 2 unspecified atom stereocenters. The minimum absolute atomic E-state index is 0.339. The number of aromatic nitrogens is 1. The molecule has 2 atom stereocenters. The third-order valence-corrected chi connectivity index (χ3v) is 4.97. The molecule has 23 heavy (non-hydrogen) atoms. The second-order valence-electron chi connectivity index (χ2n) is 6.97. The molecule has 7 heteroatoms. The lowest BCUT2D eigenvalue weighted by atomic mass is 9.84. The predicted molar refractivity (Wildman–Crippen MR) is 93.9 cm³/mol. The maximum Gasteiger partial charge on any atom is 0.407 e. The van der Waals surface area contributed by atoms with Crippen molar-refractivity contribution in [3.8, 4) is 0 Å². The van der Waals surface area contributed by atoms with Crippen LogP contribution in [0.5, 0.6) is 0 Å². The van der Waals surface area contributed by atoms with E-state index >= 15 is 0 Å². The van der Waals surface area contributed by atoms with Crippen LogP contribution < -0.4 is 10.6 Å². The van der Waals surface area contributed by atoms with Crippen molar-refractivity contribution in [1.29, 1.82) is 0 Å². The summed E-state index contributed by atoms with van der Waals surface area (Å²) in [6.45, 7) is 6.99. The molecule has 0 aromatic carbocycles. The standard InChI is InChI=1S/C16H26ClN3O2S/c1-16(2,3)22-15(21)20-8-11-6-4-5-7-12(11)18-10-14-19-9-13(17)23-14/h9,11-12,18H,4-8,10H2,1-3H3,(H,20,21). The summed E-state index contributed by atoms with van der Waals surface area (Å²) in [6, 6.07) is 0.390. The molecule has 1 aromatic rings. The number of amides is 1. The van der Waals surface area contributed by atoms with Crippen LogP contribution >= 0.6 is 22.9 Å². The van der Waals surface area contributed by atoms with Crippen LogP contribution in [0.15, 0.2) is 6.20 Å². The van der Waals surface area contributed by atoms with Crippen LogP contribution in [0.2, 0.25) is 4.34 Å². The number of carbonyl (C=O) groups is 1. The Labute approximate surface area is 147 Å². The normalized spacial score (nSPS) is 21.9. The number of nitrogens with one attached hydrogen (secondary N) is 2. The summed E-state index contributed by atoms with van der Waals surface area (Å²) < 4.78 is 6.02. The van der Waals surface area contributed by atoms with E-state index in [2.05, 4.69) is 15.6 Å². The second kappa shape index (κ2) is 8.31. The molecule has 1 fully saturated rings. The first-order chi connectivity index (χ1) is 10.8. The minimum Gasteiger partial charge on any atom is -0.444 e. The largest absolute Gasteiger partial charge is 0.444 e. The van der Waals surface area contributed by atoms with Crippen molar-refractivity contribution in [3.05, 3.63) is 15.5 Å². The number of ether oxygens (including phenoxy) is 1. The highest BCUT2D eigenvalue weighted by Crippen LogP contribution is 2.25. The van der Waals surface area contributed by atoms with E-state index in [1.165, 1.54) is 24.2 Å². The van der Waals surface area contributed by atoms with E-state index < -0.39 is 5.60 Å². The van der Waals surface area contributed by atoms with E-state index in [9.17, 15) is 4.79 Å². The van der Waals surface area contributed by atoms with Crippen molar-refractivity contribution < 1.29 is 9.53 Å². The van der Waals surface area contributed by atoms with Crippen molar-refractivity contribution in [2.24, 2.45) is 5.92 Å². The highest BCUT2D eigenvalue weighted by atomic mass is 35.5. The van der Waals surface area contributed by atoms with E-state index in [-0.39, 0.29) is 6.09 Å². The van der Waals surface area contributed by atoms with Gasteiger partial charge in [-0.15, -0.1) is 11.3 Å². The van der Waals surface area contributed by atoms with Crippen molar-refractivity contribution >= 4 is 29.0 Å². The molecule has 0 saturated heterocycles. The first-order valence-corrected chi connectivity index (χ1v) is 9.33. The van der Waals surface area contributed by atoms with Crippen molar-refractivity contribution in [1.82, 2.24) is 15.6 Å². The Kier molecular flexibility index (Phi) is 6.68. The number of carbonyl (C=O) groups excluding carboxylic acids is 1. The van der Waals surface area contributed by atoms with E-state index in [4.69, 9.17) is 16.3 Å². The molecule has 5 nitrogen and oxygen atoms in total. The molecule has 0 spiro atoms. The van der Waals surface area contributed by atoms with Crippen LogP contribution in [0.25, 0.3) is 0 Å². The number of halogens is 1. The van der Waals surface area contributed by atoms with Gasteiger partial charge in [0.05, 0.1) is 6.20 Å². The molecule has 0 radical (unpaired) electrons. The fourth-order valence-electron chi connectivity index (χ4n) is 2.84. The highest BCUT2D eigenvalue weighted by molar-refractivity contribution is 7.15. The fraction of sp³-hybridized carbons (Fsp3) is 0.750. The summed E-state index contributed by atoms with van der Waals surface area (Å²) in [4.78, 5) is 16.1. The van der Waals surface area contributed by atoms with Gasteiger partial charge in [0, 0.05) is 19.1 Å². The van der Waals surface area contributed by atoms with Gasteiger partial charge in [-0.05, 0) is 39.5 Å². The van der Waals surface area contributed by atoms with Gasteiger partial charge in [-0.1, -0.05) is 24.4 Å². The van der Waals surface area contributed by atoms with Crippen LogP contribution in [0.4, 0.5) is 4.79 Å². The summed E-state index contributed by atoms with van der Waals surface area (Å²) >= 11 is 7.42.